The molecule has 7 nitrogen and oxygen atoms in total. The second-order valence-electron chi connectivity index (χ2n) is 8.85. The fraction of sp³-hybridized carbons (Fsp3) is 0.0968. The van der Waals surface area contributed by atoms with Crippen molar-refractivity contribution in [3.05, 3.63) is 119 Å². The number of hydrogen-bond donors (Lipinski definition) is 0. The Morgan fingerprint density at radius 1 is 0.769 bits per heavy atom. The SMILES string of the molecule is COc1cccc(C(=O)COC(=O)c2ccc3c(c2)C(=O)N(c2ccc(Sc4ccc(C)cc4)cc2)C3=O)c1. The average Bonchev–Trinajstić information content (AvgIpc) is 3.22. The number of ether oxygens (including phenoxy) is 2. The number of anilines is 1. The Balaban J connectivity index is 1.27. The van der Waals surface area contributed by atoms with E-state index < -0.39 is 30.2 Å². The molecule has 0 N–H and O–H groups in total. The highest BCUT2D eigenvalue weighted by Gasteiger charge is 2.37. The van der Waals surface area contributed by atoms with Crippen LogP contribution in [0.4, 0.5) is 5.69 Å². The second-order valence-corrected chi connectivity index (χ2v) is 9.99. The fourth-order valence-corrected chi connectivity index (χ4v) is 4.92. The zero-order chi connectivity index (χ0) is 27.5. The molecular weight excluding hydrogens is 514 g/mol. The van der Waals surface area contributed by atoms with E-state index in [4.69, 9.17) is 9.47 Å². The summed E-state index contributed by atoms with van der Waals surface area (Å²) >= 11 is 1.58. The number of benzene rings is 4. The summed E-state index contributed by atoms with van der Waals surface area (Å²) < 4.78 is 10.3. The van der Waals surface area contributed by atoms with E-state index in [0.29, 0.717) is 17.0 Å². The maximum absolute atomic E-state index is 13.2. The smallest absolute Gasteiger partial charge is 0.338 e. The van der Waals surface area contributed by atoms with Crippen LogP contribution in [0, 0.1) is 6.92 Å². The van der Waals surface area contributed by atoms with Gasteiger partial charge in [0.15, 0.2) is 12.4 Å². The molecule has 0 saturated carbocycles. The van der Waals surface area contributed by atoms with E-state index >= 15 is 0 Å². The highest BCUT2D eigenvalue weighted by molar-refractivity contribution is 7.99. The van der Waals surface area contributed by atoms with Crippen LogP contribution in [-0.2, 0) is 4.74 Å². The Morgan fingerprint density at radius 3 is 2.13 bits per heavy atom. The van der Waals surface area contributed by atoms with Gasteiger partial charge >= 0.3 is 5.97 Å². The van der Waals surface area contributed by atoms with E-state index in [1.54, 1.807) is 48.2 Å². The van der Waals surface area contributed by atoms with Crippen LogP contribution in [0.3, 0.4) is 0 Å². The number of carbonyl (C=O) groups excluding carboxylic acids is 4. The lowest BCUT2D eigenvalue weighted by Gasteiger charge is -2.14. The summed E-state index contributed by atoms with van der Waals surface area (Å²) in [6.45, 7) is 1.55. The zero-order valence-corrected chi connectivity index (χ0v) is 22.0. The van der Waals surface area contributed by atoms with E-state index in [2.05, 4.69) is 0 Å². The van der Waals surface area contributed by atoms with E-state index in [-0.39, 0.29) is 16.7 Å². The maximum atomic E-state index is 13.2. The number of rotatable bonds is 8. The van der Waals surface area contributed by atoms with Gasteiger partial charge in [0, 0.05) is 15.4 Å². The molecule has 1 aliphatic heterocycles. The topological polar surface area (TPSA) is 90.0 Å². The second kappa shape index (κ2) is 11.0. The maximum Gasteiger partial charge on any atom is 0.338 e. The molecule has 1 heterocycles. The predicted octanol–water partition coefficient (Wildman–Crippen LogP) is 6.00. The molecule has 0 radical (unpaired) electrons. The molecule has 4 aromatic carbocycles. The van der Waals surface area contributed by atoms with Crippen LogP contribution in [-0.4, -0.2) is 37.3 Å². The predicted molar refractivity (Wildman–Crippen MR) is 147 cm³/mol. The number of fused-ring (bicyclic) bond motifs is 1. The quantitative estimate of drug-likeness (QED) is 0.155. The van der Waals surface area contributed by atoms with Crippen molar-refractivity contribution in [1.82, 2.24) is 0 Å². The lowest BCUT2D eigenvalue weighted by atomic mass is 10.1. The zero-order valence-electron chi connectivity index (χ0n) is 21.2. The molecular formula is C31H23NO6S. The molecule has 39 heavy (non-hydrogen) atoms. The summed E-state index contributed by atoms with van der Waals surface area (Å²) in [5.74, 6) is -1.66. The van der Waals surface area contributed by atoms with Crippen molar-refractivity contribution >= 4 is 41.0 Å². The summed E-state index contributed by atoms with van der Waals surface area (Å²) in [4.78, 5) is 54.4. The molecule has 4 aromatic rings. The molecule has 5 rings (SSSR count). The lowest BCUT2D eigenvalue weighted by Crippen LogP contribution is -2.29. The Kier molecular flexibility index (Phi) is 7.29. The normalized spacial score (nSPS) is 12.3. The minimum Gasteiger partial charge on any atom is -0.497 e. The first-order chi connectivity index (χ1) is 18.8. The van der Waals surface area contributed by atoms with Gasteiger partial charge in [-0.15, -0.1) is 0 Å². The van der Waals surface area contributed by atoms with Crippen molar-refractivity contribution in [1.29, 1.82) is 0 Å². The largest absolute Gasteiger partial charge is 0.497 e. The summed E-state index contributed by atoms with van der Waals surface area (Å²) in [6.07, 6.45) is 0. The van der Waals surface area contributed by atoms with Gasteiger partial charge in [-0.25, -0.2) is 9.69 Å². The Bertz CT molecular complexity index is 1590. The van der Waals surface area contributed by atoms with Gasteiger partial charge in [0.1, 0.15) is 5.75 Å². The third kappa shape index (κ3) is 5.46. The van der Waals surface area contributed by atoms with Crippen molar-refractivity contribution < 1.29 is 28.7 Å². The third-order valence-corrected chi connectivity index (χ3v) is 7.22. The Morgan fingerprint density at radius 2 is 1.44 bits per heavy atom. The number of amides is 2. The minimum absolute atomic E-state index is 0.0695. The number of imide groups is 1. The number of nitrogens with zero attached hydrogens (tertiary/aromatic N) is 1. The number of ketones is 1. The first-order valence-electron chi connectivity index (χ1n) is 12.1. The highest BCUT2D eigenvalue weighted by Crippen LogP contribution is 2.33. The summed E-state index contributed by atoms with van der Waals surface area (Å²) in [7, 11) is 1.49. The van der Waals surface area contributed by atoms with Crippen molar-refractivity contribution in [2.45, 2.75) is 16.7 Å². The van der Waals surface area contributed by atoms with Crippen LogP contribution in [0.25, 0.3) is 0 Å². The van der Waals surface area contributed by atoms with E-state index in [1.165, 1.54) is 30.9 Å². The standard InChI is InChI=1S/C31H23NO6S/c1-19-6-11-24(12-7-19)39-25-13-9-22(10-14-25)32-29(34)26-15-8-21(17-27(26)30(32)35)31(36)38-18-28(33)20-4-3-5-23(16-20)37-2/h3-17H,18H2,1-2H3. The molecule has 0 unspecified atom stereocenters. The van der Waals surface area contributed by atoms with Crippen molar-refractivity contribution in [2.75, 3.05) is 18.6 Å². The number of esters is 1. The third-order valence-electron chi connectivity index (χ3n) is 6.20. The average molecular weight is 538 g/mol. The van der Waals surface area contributed by atoms with Crippen molar-refractivity contribution in [3.63, 3.8) is 0 Å². The number of methoxy groups -OCH3 is 1. The van der Waals surface area contributed by atoms with Crippen molar-refractivity contribution in [2.24, 2.45) is 0 Å². The van der Waals surface area contributed by atoms with Crippen LogP contribution < -0.4 is 9.64 Å². The molecule has 0 aliphatic carbocycles. The van der Waals surface area contributed by atoms with E-state index in [0.717, 1.165) is 14.7 Å². The fourth-order valence-electron chi connectivity index (χ4n) is 4.10. The molecule has 0 bridgehead atoms. The number of hydrogen-bond acceptors (Lipinski definition) is 7. The van der Waals surface area contributed by atoms with Crippen LogP contribution in [0.2, 0.25) is 0 Å². The van der Waals surface area contributed by atoms with Crippen LogP contribution >= 0.6 is 11.8 Å². The molecule has 0 aromatic heterocycles. The van der Waals surface area contributed by atoms with Gasteiger partial charge in [0.05, 0.1) is 29.5 Å². The lowest BCUT2D eigenvalue weighted by molar-refractivity contribution is 0.0474. The van der Waals surface area contributed by atoms with Gasteiger partial charge in [-0.3, -0.25) is 14.4 Å². The minimum atomic E-state index is -0.773. The molecule has 2 amide bonds. The number of carbonyl (C=O) groups is 4. The monoisotopic (exact) mass is 537 g/mol. The Hall–Kier alpha value is -4.69. The van der Waals surface area contributed by atoms with Gasteiger partial charge in [-0.05, 0) is 73.7 Å². The first kappa shape index (κ1) is 25.9. The van der Waals surface area contributed by atoms with E-state index in [9.17, 15) is 19.2 Å². The van der Waals surface area contributed by atoms with Crippen LogP contribution in [0.15, 0.2) is 101 Å². The summed E-state index contributed by atoms with van der Waals surface area (Å²) in [5.41, 5.74) is 2.32. The van der Waals surface area contributed by atoms with Gasteiger partial charge in [0.25, 0.3) is 11.8 Å². The number of Topliss-reactive ketones (excluding diaryl/α,β-unsaturated/α-hetero) is 1. The molecule has 1 aliphatic rings. The van der Waals surface area contributed by atoms with Gasteiger partial charge in [0.2, 0.25) is 0 Å². The first-order valence-corrected chi connectivity index (χ1v) is 12.9. The Labute approximate surface area is 229 Å². The molecule has 0 spiro atoms. The van der Waals surface area contributed by atoms with Crippen molar-refractivity contribution in [3.8, 4) is 5.75 Å². The van der Waals surface area contributed by atoms with Gasteiger partial charge in [-0.1, -0.05) is 41.6 Å². The summed E-state index contributed by atoms with van der Waals surface area (Å²) in [5, 5.41) is 0. The van der Waals surface area contributed by atoms with E-state index in [1.807, 2.05) is 43.3 Å². The molecule has 194 valence electrons. The highest BCUT2D eigenvalue weighted by atomic mass is 32.2. The summed E-state index contributed by atoms with van der Waals surface area (Å²) in [6, 6.07) is 26.0. The molecule has 0 atom stereocenters. The number of aryl methyl sites for hydroxylation is 1. The van der Waals surface area contributed by atoms with Gasteiger partial charge < -0.3 is 9.47 Å². The van der Waals surface area contributed by atoms with Gasteiger partial charge in [-0.2, -0.15) is 0 Å². The molecule has 0 saturated heterocycles. The molecule has 0 fully saturated rings. The van der Waals surface area contributed by atoms with Crippen LogP contribution in [0.1, 0.15) is 47.0 Å². The molecule has 8 heteroatoms. The van der Waals surface area contributed by atoms with Crippen LogP contribution in [0.5, 0.6) is 5.75 Å².